The monoisotopic (exact) mass is 347 g/mol. The predicted molar refractivity (Wildman–Crippen MR) is 91.9 cm³/mol. The maximum atomic E-state index is 5.65. The number of ether oxygens (including phenoxy) is 1. The summed E-state index contributed by atoms with van der Waals surface area (Å²) in [5, 5.41) is 3.54. The van der Waals surface area contributed by atoms with Gasteiger partial charge >= 0.3 is 0 Å². The molecule has 2 aromatic rings. The van der Waals surface area contributed by atoms with E-state index in [1.807, 2.05) is 18.2 Å². The fourth-order valence-electron chi connectivity index (χ4n) is 2.29. The van der Waals surface area contributed by atoms with Crippen LogP contribution in [0.1, 0.15) is 37.4 Å². The van der Waals surface area contributed by atoms with Crippen LogP contribution in [-0.4, -0.2) is 13.2 Å². The Bertz CT molecular complexity index is 553. The quantitative estimate of drug-likeness (QED) is 0.765. The minimum absolute atomic E-state index is 0.202. The topological polar surface area (TPSA) is 21.3 Å². The number of halogens is 1. The highest BCUT2D eigenvalue weighted by Crippen LogP contribution is 2.26. The average Bonchev–Trinajstić information content (AvgIpc) is 2.51. The van der Waals surface area contributed by atoms with Crippen LogP contribution in [0.25, 0.3) is 0 Å². The van der Waals surface area contributed by atoms with Gasteiger partial charge in [-0.25, -0.2) is 0 Å². The van der Waals surface area contributed by atoms with E-state index in [0.29, 0.717) is 0 Å². The van der Waals surface area contributed by atoms with Gasteiger partial charge < -0.3 is 10.1 Å². The Morgan fingerprint density at radius 1 is 1.05 bits per heavy atom. The third-order valence-corrected chi connectivity index (χ3v) is 3.77. The molecule has 0 aliphatic heterocycles. The van der Waals surface area contributed by atoms with Gasteiger partial charge in [-0.3, -0.25) is 0 Å². The van der Waals surface area contributed by atoms with Crippen LogP contribution in [0.15, 0.2) is 53.0 Å². The summed E-state index contributed by atoms with van der Waals surface area (Å²) in [6.07, 6.45) is 1.03. The maximum Gasteiger partial charge on any atom is 0.119 e. The van der Waals surface area contributed by atoms with Crippen LogP contribution >= 0.6 is 15.9 Å². The van der Waals surface area contributed by atoms with Gasteiger partial charge in [-0.15, -0.1) is 0 Å². The highest BCUT2D eigenvalue weighted by Gasteiger charge is 2.13. The molecular formula is C18H22BrNO. The molecule has 0 aliphatic carbocycles. The average molecular weight is 348 g/mol. The van der Waals surface area contributed by atoms with Crippen LogP contribution in [0.5, 0.6) is 5.75 Å². The van der Waals surface area contributed by atoms with E-state index in [4.69, 9.17) is 4.74 Å². The van der Waals surface area contributed by atoms with Gasteiger partial charge in [-0.2, -0.15) is 0 Å². The molecular weight excluding hydrogens is 326 g/mol. The Hall–Kier alpha value is -1.32. The third kappa shape index (κ3) is 4.58. The molecule has 0 aromatic heterocycles. The fourth-order valence-corrected chi connectivity index (χ4v) is 2.71. The number of benzene rings is 2. The molecule has 3 heteroatoms. The fraction of sp³-hybridized carbons (Fsp3) is 0.333. The molecule has 0 aliphatic rings. The van der Waals surface area contributed by atoms with Gasteiger partial charge in [0.15, 0.2) is 0 Å². The van der Waals surface area contributed by atoms with Crippen LogP contribution < -0.4 is 10.1 Å². The van der Waals surface area contributed by atoms with Gasteiger partial charge in [-0.1, -0.05) is 54.0 Å². The molecule has 0 amide bonds. The van der Waals surface area contributed by atoms with Crippen molar-refractivity contribution in [1.29, 1.82) is 0 Å². The van der Waals surface area contributed by atoms with Crippen molar-refractivity contribution >= 4 is 15.9 Å². The van der Waals surface area contributed by atoms with E-state index in [1.165, 1.54) is 11.1 Å². The third-order valence-electron chi connectivity index (χ3n) is 3.28. The first-order valence-electron chi connectivity index (χ1n) is 7.46. The molecule has 0 spiro atoms. The largest absolute Gasteiger partial charge is 0.494 e. The van der Waals surface area contributed by atoms with Crippen molar-refractivity contribution in [2.24, 2.45) is 0 Å². The first-order chi connectivity index (χ1) is 10.2. The van der Waals surface area contributed by atoms with Crippen molar-refractivity contribution in [3.8, 4) is 5.75 Å². The van der Waals surface area contributed by atoms with Crippen molar-refractivity contribution < 1.29 is 4.74 Å². The summed E-state index contributed by atoms with van der Waals surface area (Å²) in [4.78, 5) is 0. The maximum absolute atomic E-state index is 5.65. The van der Waals surface area contributed by atoms with Crippen LogP contribution in [0.4, 0.5) is 0 Å². The lowest BCUT2D eigenvalue weighted by atomic mass is 9.98. The minimum Gasteiger partial charge on any atom is -0.494 e. The van der Waals surface area contributed by atoms with E-state index in [-0.39, 0.29) is 6.04 Å². The molecule has 2 rings (SSSR count). The predicted octanol–water partition coefficient (Wildman–Crippen LogP) is 4.94. The number of rotatable bonds is 7. The molecule has 2 aromatic carbocycles. The normalized spacial score (nSPS) is 12.1. The number of hydrogen-bond donors (Lipinski definition) is 1. The molecule has 1 N–H and O–H groups in total. The second kappa shape index (κ2) is 8.20. The van der Waals surface area contributed by atoms with E-state index in [0.717, 1.165) is 29.8 Å². The standard InChI is InChI=1S/C18H22BrNO/c1-3-12-21-17-10-8-14(9-11-17)18(20-4-2)15-6-5-7-16(19)13-15/h5-11,13,18,20H,3-4,12H2,1-2H3. The molecule has 0 bridgehead atoms. The van der Waals surface area contributed by atoms with Crippen molar-refractivity contribution in [3.05, 3.63) is 64.1 Å². The van der Waals surface area contributed by atoms with Crippen LogP contribution in [0.2, 0.25) is 0 Å². The highest BCUT2D eigenvalue weighted by atomic mass is 79.9. The molecule has 0 saturated carbocycles. The summed E-state index contributed by atoms with van der Waals surface area (Å²) >= 11 is 3.55. The molecule has 0 heterocycles. The zero-order chi connectivity index (χ0) is 15.1. The molecule has 0 radical (unpaired) electrons. The number of hydrogen-bond acceptors (Lipinski definition) is 2. The lowest BCUT2D eigenvalue weighted by molar-refractivity contribution is 0.317. The van der Waals surface area contributed by atoms with Gasteiger partial charge in [0.2, 0.25) is 0 Å². The Morgan fingerprint density at radius 3 is 2.43 bits per heavy atom. The van der Waals surface area contributed by atoms with E-state index in [2.05, 4.69) is 65.4 Å². The number of nitrogens with one attached hydrogen (secondary N) is 1. The second-order valence-corrected chi connectivity index (χ2v) is 5.88. The molecule has 112 valence electrons. The Kier molecular flexibility index (Phi) is 6.27. The SMILES string of the molecule is CCCOc1ccc(C(NCC)c2cccc(Br)c2)cc1. The molecule has 1 atom stereocenters. The Balaban J connectivity index is 2.21. The minimum atomic E-state index is 0.202. The van der Waals surface area contributed by atoms with Crippen LogP contribution in [0.3, 0.4) is 0 Å². The summed E-state index contributed by atoms with van der Waals surface area (Å²) in [7, 11) is 0. The lowest BCUT2D eigenvalue weighted by Crippen LogP contribution is -2.21. The summed E-state index contributed by atoms with van der Waals surface area (Å²) in [5.41, 5.74) is 2.51. The van der Waals surface area contributed by atoms with Gasteiger partial charge in [0, 0.05) is 4.47 Å². The zero-order valence-electron chi connectivity index (χ0n) is 12.6. The highest BCUT2D eigenvalue weighted by molar-refractivity contribution is 9.10. The van der Waals surface area contributed by atoms with Crippen molar-refractivity contribution in [1.82, 2.24) is 5.32 Å². The summed E-state index contributed by atoms with van der Waals surface area (Å²) < 4.78 is 6.75. The summed E-state index contributed by atoms with van der Waals surface area (Å²) in [6.45, 7) is 5.93. The summed E-state index contributed by atoms with van der Waals surface area (Å²) in [6, 6.07) is 17.0. The smallest absolute Gasteiger partial charge is 0.119 e. The summed E-state index contributed by atoms with van der Waals surface area (Å²) in [5.74, 6) is 0.935. The van der Waals surface area contributed by atoms with Gasteiger partial charge in [0.05, 0.1) is 12.6 Å². The van der Waals surface area contributed by atoms with Crippen molar-refractivity contribution in [2.75, 3.05) is 13.2 Å². The first-order valence-corrected chi connectivity index (χ1v) is 8.25. The van der Waals surface area contributed by atoms with Crippen LogP contribution in [-0.2, 0) is 0 Å². The van der Waals surface area contributed by atoms with E-state index in [9.17, 15) is 0 Å². The molecule has 0 fully saturated rings. The van der Waals surface area contributed by atoms with Crippen LogP contribution in [0, 0.1) is 0 Å². The van der Waals surface area contributed by atoms with Crippen molar-refractivity contribution in [2.45, 2.75) is 26.3 Å². The molecule has 0 saturated heterocycles. The Labute approximate surface area is 135 Å². The molecule has 1 unspecified atom stereocenters. The zero-order valence-corrected chi connectivity index (χ0v) is 14.2. The van der Waals surface area contributed by atoms with Gasteiger partial charge in [-0.05, 0) is 48.4 Å². The molecule has 21 heavy (non-hydrogen) atoms. The lowest BCUT2D eigenvalue weighted by Gasteiger charge is -2.19. The van der Waals surface area contributed by atoms with E-state index < -0.39 is 0 Å². The van der Waals surface area contributed by atoms with E-state index >= 15 is 0 Å². The second-order valence-electron chi connectivity index (χ2n) is 4.96. The Morgan fingerprint density at radius 2 is 1.81 bits per heavy atom. The first kappa shape index (κ1) is 16.1. The van der Waals surface area contributed by atoms with Gasteiger partial charge in [0.25, 0.3) is 0 Å². The van der Waals surface area contributed by atoms with Gasteiger partial charge in [0.1, 0.15) is 5.75 Å². The molecule has 2 nitrogen and oxygen atoms in total. The van der Waals surface area contributed by atoms with E-state index in [1.54, 1.807) is 0 Å². The van der Waals surface area contributed by atoms with Crippen molar-refractivity contribution in [3.63, 3.8) is 0 Å².